The van der Waals surface area contributed by atoms with Gasteiger partial charge in [0.2, 0.25) is 10.0 Å². The molecule has 0 saturated heterocycles. The summed E-state index contributed by atoms with van der Waals surface area (Å²) in [6, 6.07) is 7.99. The van der Waals surface area contributed by atoms with Gasteiger partial charge in [-0.15, -0.1) is 0 Å². The molecule has 0 amide bonds. The van der Waals surface area contributed by atoms with Crippen LogP contribution in [-0.4, -0.2) is 26.2 Å². The lowest BCUT2D eigenvalue weighted by Crippen LogP contribution is -2.39. The lowest BCUT2D eigenvalue weighted by molar-refractivity contribution is 0.240. The quantitative estimate of drug-likeness (QED) is 0.795. The molecule has 0 bridgehead atoms. The fourth-order valence-electron chi connectivity index (χ4n) is 1.97. The van der Waals surface area contributed by atoms with Gasteiger partial charge >= 0.3 is 0 Å². The molecule has 0 aliphatic rings. The highest BCUT2D eigenvalue weighted by Gasteiger charge is 2.19. The number of nitriles is 1. The second-order valence-electron chi connectivity index (χ2n) is 5.20. The number of aliphatic hydroxyl groups excluding tert-OH is 1. The first-order valence-corrected chi connectivity index (χ1v) is 8.11. The van der Waals surface area contributed by atoms with Gasteiger partial charge in [-0.1, -0.05) is 26.0 Å². The van der Waals surface area contributed by atoms with E-state index in [-0.39, 0.29) is 18.3 Å². The Morgan fingerprint density at radius 2 is 2.10 bits per heavy atom. The molecule has 0 saturated carbocycles. The van der Waals surface area contributed by atoms with Crippen LogP contribution >= 0.6 is 0 Å². The van der Waals surface area contributed by atoms with Gasteiger partial charge in [0.05, 0.1) is 24.0 Å². The molecule has 0 aromatic heterocycles. The van der Waals surface area contributed by atoms with Crippen molar-refractivity contribution in [3.8, 4) is 6.07 Å². The van der Waals surface area contributed by atoms with Crippen molar-refractivity contribution >= 4 is 10.0 Å². The minimum atomic E-state index is -3.54. The first-order valence-electron chi connectivity index (χ1n) is 6.46. The van der Waals surface area contributed by atoms with Crippen LogP contribution in [0.3, 0.4) is 0 Å². The molecule has 110 valence electrons. The summed E-state index contributed by atoms with van der Waals surface area (Å²) >= 11 is 0. The van der Waals surface area contributed by atoms with Crippen LogP contribution in [0.2, 0.25) is 0 Å². The normalized spacial score (nSPS) is 13.2. The predicted octanol–water partition coefficient (Wildman–Crippen LogP) is 1.38. The van der Waals surface area contributed by atoms with E-state index >= 15 is 0 Å². The van der Waals surface area contributed by atoms with E-state index in [9.17, 15) is 13.5 Å². The number of nitrogens with one attached hydrogen (secondary N) is 1. The maximum Gasteiger partial charge on any atom is 0.216 e. The first-order chi connectivity index (χ1) is 9.36. The standard InChI is InChI=1S/C14H20N2O3S/c1-11(2)6-14(9-17)16-20(18,19)10-13-5-3-4-12(7-13)8-15/h3-5,7,11,14,16-17H,6,9-10H2,1-2H3. The molecule has 20 heavy (non-hydrogen) atoms. The van der Waals surface area contributed by atoms with E-state index in [1.807, 2.05) is 19.9 Å². The Hall–Kier alpha value is -1.42. The Morgan fingerprint density at radius 3 is 2.65 bits per heavy atom. The summed E-state index contributed by atoms with van der Waals surface area (Å²) < 4.78 is 26.6. The molecule has 0 spiro atoms. The minimum absolute atomic E-state index is 0.197. The third-order valence-electron chi connectivity index (χ3n) is 2.74. The Balaban J connectivity index is 2.76. The molecule has 1 rings (SSSR count). The molecular weight excluding hydrogens is 276 g/mol. The van der Waals surface area contributed by atoms with Crippen LogP contribution in [0.5, 0.6) is 0 Å². The molecule has 0 aliphatic heterocycles. The first kappa shape index (κ1) is 16.6. The van der Waals surface area contributed by atoms with E-state index in [4.69, 9.17) is 5.26 Å². The Labute approximate surface area is 120 Å². The van der Waals surface area contributed by atoms with Crippen molar-refractivity contribution < 1.29 is 13.5 Å². The van der Waals surface area contributed by atoms with Crippen molar-refractivity contribution in [2.45, 2.75) is 32.1 Å². The molecule has 1 aromatic carbocycles. The smallest absolute Gasteiger partial charge is 0.216 e. The molecule has 0 aliphatic carbocycles. The molecule has 1 unspecified atom stereocenters. The maximum atomic E-state index is 12.0. The summed E-state index contributed by atoms with van der Waals surface area (Å²) in [7, 11) is -3.54. The van der Waals surface area contributed by atoms with Gasteiger partial charge < -0.3 is 5.11 Å². The summed E-state index contributed by atoms with van der Waals surface area (Å²) in [6.07, 6.45) is 0.577. The average Bonchev–Trinajstić information content (AvgIpc) is 2.36. The third kappa shape index (κ3) is 5.70. The van der Waals surface area contributed by atoms with Crippen LogP contribution < -0.4 is 4.72 Å². The van der Waals surface area contributed by atoms with Crippen molar-refractivity contribution in [2.75, 3.05) is 6.61 Å². The molecular formula is C14H20N2O3S. The van der Waals surface area contributed by atoms with Crippen LogP contribution in [0.4, 0.5) is 0 Å². The van der Waals surface area contributed by atoms with Crippen LogP contribution in [0.25, 0.3) is 0 Å². The average molecular weight is 296 g/mol. The lowest BCUT2D eigenvalue weighted by Gasteiger charge is -2.18. The number of aliphatic hydroxyl groups is 1. The summed E-state index contributed by atoms with van der Waals surface area (Å²) in [5.41, 5.74) is 0.983. The van der Waals surface area contributed by atoms with E-state index < -0.39 is 16.1 Å². The van der Waals surface area contributed by atoms with Crippen LogP contribution in [0, 0.1) is 17.2 Å². The van der Waals surface area contributed by atoms with Crippen LogP contribution in [0.15, 0.2) is 24.3 Å². The molecule has 0 fully saturated rings. The van der Waals surface area contributed by atoms with E-state index in [2.05, 4.69) is 4.72 Å². The fraction of sp³-hybridized carbons (Fsp3) is 0.500. The van der Waals surface area contributed by atoms with Gasteiger partial charge in [-0.25, -0.2) is 13.1 Å². The van der Waals surface area contributed by atoms with E-state index in [0.29, 0.717) is 17.5 Å². The zero-order valence-electron chi connectivity index (χ0n) is 11.7. The molecule has 6 heteroatoms. The molecule has 0 heterocycles. The van der Waals surface area contributed by atoms with E-state index in [1.54, 1.807) is 24.3 Å². The largest absolute Gasteiger partial charge is 0.395 e. The summed E-state index contributed by atoms with van der Waals surface area (Å²) in [5, 5.41) is 18.0. The van der Waals surface area contributed by atoms with Gasteiger partial charge in [0, 0.05) is 6.04 Å². The monoisotopic (exact) mass is 296 g/mol. The number of hydrogen-bond donors (Lipinski definition) is 2. The molecule has 1 atom stereocenters. The van der Waals surface area contributed by atoms with Gasteiger partial charge in [0.15, 0.2) is 0 Å². The maximum absolute atomic E-state index is 12.0. The highest BCUT2D eigenvalue weighted by molar-refractivity contribution is 7.88. The van der Waals surface area contributed by atoms with Crippen LogP contribution in [-0.2, 0) is 15.8 Å². The van der Waals surface area contributed by atoms with Gasteiger partial charge in [0.1, 0.15) is 0 Å². The predicted molar refractivity (Wildman–Crippen MR) is 77.2 cm³/mol. The number of rotatable bonds is 7. The van der Waals surface area contributed by atoms with Gasteiger partial charge in [0.25, 0.3) is 0 Å². The molecule has 0 radical (unpaired) electrons. The SMILES string of the molecule is CC(C)CC(CO)NS(=O)(=O)Cc1cccc(C#N)c1. The zero-order chi connectivity index (χ0) is 15.2. The van der Waals surface area contributed by atoms with Crippen molar-refractivity contribution in [2.24, 2.45) is 5.92 Å². The highest BCUT2D eigenvalue weighted by atomic mass is 32.2. The Kier molecular flexibility index (Phi) is 6.14. The van der Waals surface area contributed by atoms with E-state index in [1.165, 1.54) is 0 Å². The molecule has 1 aromatic rings. The van der Waals surface area contributed by atoms with Gasteiger partial charge in [-0.05, 0) is 30.0 Å². The van der Waals surface area contributed by atoms with Crippen molar-refractivity contribution in [1.29, 1.82) is 5.26 Å². The zero-order valence-corrected chi connectivity index (χ0v) is 12.5. The Morgan fingerprint density at radius 1 is 1.40 bits per heavy atom. The molecule has 2 N–H and O–H groups in total. The minimum Gasteiger partial charge on any atom is -0.395 e. The van der Waals surface area contributed by atoms with Gasteiger partial charge in [-0.2, -0.15) is 5.26 Å². The second kappa shape index (κ2) is 7.39. The lowest BCUT2D eigenvalue weighted by atomic mass is 10.1. The second-order valence-corrected chi connectivity index (χ2v) is 6.95. The summed E-state index contributed by atoms with van der Waals surface area (Å²) in [4.78, 5) is 0. The topological polar surface area (TPSA) is 90.2 Å². The summed E-state index contributed by atoms with van der Waals surface area (Å²) in [5.74, 6) is 0.0914. The van der Waals surface area contributed by atoms with Gasteiger partial charge in [-0.3, -0.25) is 0 Å². The van der Waals surface area contributed by atoms with Crippen molar-refractivity contribution in [3.63, 3.8) is 0 Å². The highest BCUT2D eigenvalue weighted by Crippen LogP contribution is 2.10. The molecule has 5 nitrogen and oxygen atoms in total. The Bertz CT molecular complexity index is 576. The third-order valence-corrected chi connectivity index (χ3v) is 4.14. The number of sulfonamides is 1. The number of benzene rings is 1. The van der Waals surface area contributed by atoms with Crippen molar-refractivity contribution in [1.82, 2.24) is 4.72 Å². The van der Waals surface area contributed by atoms with E-state index in [0.717, 1.165) is 0 Å². The van der Waals surface area contributed by atoms with Crippen LogP contribution in [0.1, 0.15) is 31.4 Å². The number of nitrogens with zero attached hydrogens (tertiary/aromatic N) is 1. The number of hydrogen-bond acceptors (Lipinski definition) is 4. The van der Waals surface area contributed by atoms with Crippen molar-refractivity contribution in [3.05, 3.63) is 35.4 Å². The summed E-state index contributed by atoms with van der Waals surface area (Å²) in [6.45, 7) is 3.70. The fourth-order valence-corrected chi connectivity index (χ4v) is 3.35.